The van der Waals surface area contributed by atoms with Gasteiger partial charge in [0.15, 0.2) is 0 Å². The molecule has 0 aliphatic heterocycles. The van der Waals surface area contributed by atoms with Crippen LogP contribution in [0.25, 0.3) is 0 Å². The Hall–Kier alpha value is -1.04. The molecule has 0 heteroatoms. The summed E-state index contributed by atoms with van der Waals surface area (Å²) in [6.07, 6.45) is 5.22. The lowest BCUT2D eigenvalue weighted by molar-refractivity contribution is 0.484. The fourth-order valence-electron chi connectivity index (χ4n) is 4.87. The Kier molecular flexibility index (Phi) is 1.29. The normalized spacial score (nSPS) is 49.3. The van der Waals surface area contributed by atoms with Crippen molar-refractivity contribution in [2.24, 2.45) is 23.2 Å². The molecule has 76 valence electrons. The zero-order chi connectivity index (χ0) is 10.0. The third-order valence-electron chi connectivity index (χ3n) is 5.30. The van der Waals surface area contributed by atoms with Gasteiger partial charge in [0, 0.05) is 5.41 Å². The van der Waals surface area contributed by atoms with Crippen molar-refractivity contribution in [1.82, 2.24) is 0 Å². The van der Waals surface area contributed by atoms with Crippen LogP contribution in [0.4, 0.5) is 0 Å². The molecule has 0 radical (unpaired) electrons. The van der Waals surface area contributed by atoms with E-state index in [4.69, 9.17) is 0 Å². The van der Waals surface area contributed by atoms with Gasteiger partial charge < -0.3 is 0 Å². The molecule has 1 aromatic carbocycles. The predicted molar refractivity (Wildman–Crippen MR) is 61.5 cm³/mol. The van der Waals surface area contributed by atoms with Crippen molar-refractivity contribution in [3.8, 4) is 0 Å². The van der Waals surface area contributed by atoms with Crippen molar-refractivity contribution in [2.45, 2.75) is 18.8 Å². The molecule has 0 N–H and O–H groups in total. The molecule has 4 fully saturated rings. The Morgan fingerprint density at radius 2 is 1.80 bits per heavy atom. The lowest BCUT2D eigenvalue weighted by Crippen LogP contribution is -2.10. The van der Waals surface area contributed by atoms with Gasteiger partial charge in [-0.25, -0.2) is 0 Å². The molecule has 3 atom stereocenters. The fraction of sp³-hybridized carbons (Fsp3) is 0.467. The first-order valence-corrected chi connectivity index (χ1v) is 6.06. The Labute approximate surface area is 91.0 Å². The maximum Gasteiger partial charge on any atom is 0.00129 e. The minimum Gasteiger partial charge on any atom is -0.102 e. The minimum atomic E-state index is 0.520. The average Bonchev–Trinajstić information content (AvgIpc) is 2.71. The van der Waals surface area contributed by atoms with Crippen molar-refractivity contribution < 1.29 is 0 Å². The largest absolute Gasteiger partial charge is 0.102 e. The Morgan fingerprint density at radius 1 is 1.13 bits per heavy atom. The maximum absolute atomic E-state index is 4.11. The van der Waals surface area contributed by atoms with Gasteiger partial charge in [-0.2, -0.15) is 0 Å². The van der Waals surface area contributed by atoms with Crippen LogP contribution in [0.3, 0.4) is 0 Å². The van der Waals surface area contributed by atoms with Crippen LogP contribution in [0.1, 0.15) is 24.3 Å². The molecule has 0 amide bonds. The highest BCUT2D eigenvalue weighted by molar-refractivity contribution is 5.41. The van der Waals surface area contributed by atoms with Gasteiger partial charge in [-0.1, -0.05) is 36.4 Å². The van der Waals surface area contributed by atoms with Crippen molar-refractivity contribution in [3.05, 3.63) is 48.6 Å². The molecule has 0 spiro atoms. The van der Waals surface area contributed by atoms with Gasteiger partial charge in [0.2, 0.25) is 0 Å². The number of benzene rings is 1. The summed E-state index contributed by atoms with van der Waals surface area (Å²) in [5.74, 6) is 3.74. The Morgan fingerprint density at radius 3 is 2.40 bits per heavy atom. The third-order valence-corrected chi connectivity index (χ3v) is 5.30. The first kappa shape index (κ1) is 8.15. The summed E-state index contributed by atoms with van der Waals surface area (Å²) in [6.45, 7) is 4.11. The van der Waals surface area contributed by atoms with E-state index in [9.17, 15) is 0 Å². The van der Waals surface area contributed by atoms with Crippen LogP contribution < -0.4 is 0 Å². The number of hydrogen-bond donors (Lipinski definition) is 0. The summed E-state index contributed by atoms with van der Waals surface area (Å²) in [5.41, 5.74) is 2.08. The maximum atomic E-state index is 4.11. The molecule has 4 saturated carbocycles. The zero-order valence-corrected chi connectivity index (χ0v) is 8.89. The molecular formula is C15H16. The summed E-state index contributed by atoms with van der Waals surface area (Å²) < 4.78 is 0. The molecule has 15 heavy (non-hydrogen) atoms. The number of hydrogen-bond acceptors (Lipinski definition) is 0. The topological polar surface area (TPSA) is 0 Å². The van der Waals surface area contributed by atoms with Crippen molar-refractivity contribution in [2.75, 3.05) is 0 Å². The van der Waals surface area contributed by atoms with Crippen LogP contribution in [0.15, 0.2) is 43.0 Å². The van der Waals surface area contributed by atoms with E-state index < -0.39 is 0 Å². The van der Waals surface area contributed by atoms with Gasteiger partial charge in [-0.05, 0) is 42.1 Å². The second-order valence-corrected chi connectivity index (χ2v) is 5.54. The van der Waals surface area contributed by atoms with Crippen LogP contribution in [0, 0.1) is 23.2 Å². The van der Waals surface area contributed by atoms with Gasteiger partial charge in [0.25, 0.3) is 0 Å². The predicted octanol–water partition coefficient (Wildman–Crippen LogP) is 3.61. The molecule has 2 unspecified atom stereocenters. The molecule has 0 saturated heterocycles. The molecule has 5 rings (SSSR count). The highest BCUT2D eigenvalue weighted by atomic mass is 14.8. The fourth-order valence-corrected chi connectivity index (χ4v) is 4.87. The molecule has 0 nitrogen and oxygen atoms in total. The third kappa shape index (κ3) is 0.737. The highest BCUT2D eigenvalue weighted by Crippen LogP contribution is 2.84. The van der Waals surface area contributed by atoms with E-state index in [-0.39, 0.29) is 0 Å². The Balaban J connectivity index is 1.83. The van der Waals surface area contributed by atoms with E-state index in [0.717, 1.165) is 23.7 Å². The molecular weight excluding hydrogens is 180 g/mol. The highest BCUT2D eigenvalue weighted by Gasteiger charge is 2.77. The molecule has 0 heterocycles. The standard InChI is InChI=1S/C15H16/c1-2-15-12-8-11(9-13(12)15)14(15)10-6-4-3-5-7-10/h2-7,11-14H,1,8-9H2/t11?,12?,13?,14-,15?/m0/s1. The van der Waals surface area contributed by atoms with Crippen molar-refractivity contribution in [3.63, 3.8) is 0 Å². The van der Waals surface area contributed by atoms with Crippen LogP contribution in [0.5, 0.6) is 0 Å². The summed E-state index contributed by atoms with van der Waals surface area (Å²) in [7, 11) is 0. The van der Waals surface area contributed by atoms with E-state index in [0.29, 0.717) is 5.41 Å². The molecule has 4 bridgehead atoms. The molecule has 1 aromatic rings. The van der Waals surface area contributed by atoms with E-state index in [1.165, 1.54) is 12.8 Å². The summed E-state index contributed by atoms with van der Waals surface area (Å²) >= 11 is 0. The van der Waals surface area contributed by atoms with Gasteiger partial charge in [0.1, 0.15) is 0 Å². The minimum absolute atomic E-state index is 0.520. The van der Waals surface area contributed by atoms with Crippen molar-refractivity contribution >= 4 is 0 Å². The molecule has 0 aromatic heterocycles. The SMILES string of the molecule is C=CC12C3CC(CC31)[C@@H]2c1ccccc1. The van der Waals surface area contributed by atoms with Crippen LogP contribution in [-0.4, -0.2) is 0 Å². The smallest absolute Gasteiger partial charge is 0.00129 e. The van der Waals surface area contributed by atoms with E-state index in [1.54, 1.807) is 5.56 Å². The summed E-state index contributed by atoms with van der Waals surface area (Å²) in [5, 5.41) is 0. The van der Waals surface area contributed by atoms with Gasteiger partial charge in [-0.15, -0.1) is 6.58 Å². The number of allylic oxidation sites excluding steroid dienone is 1. The second-order valence-electron chi connectivity index (χ2n) is 5.54. The van der Waals surface area contributed by atoms with Crippen molar-refractivity contribution in [1.29, 1.82) is 0 Å². The lowest BCUT2D eigenvalue weighted by Gasteiger charge is -2.21. The van der Waals surface area contributed by atoms with E-state index in [2.05, 4.69) is 43.0 Å². The first-order chi connectivity index (χ1) is 7.38. The van der Waals surface area contributed by atoms with Crippen LogP contribution in [-0.2, 0) is 0 Å². The summed E-state index contributed by atoms with van der Waals surface area (Å²) in [6, 6.07) is 11.1. The van der Waals surface area contributed by atoms with Gasteiger partial charge in [0.05, 0.1) is 0 Å². The van der Waals surface area contributed by atoms with E-state index >= 15 is 0 Å². The van der Waals surface area contributed by atoms with Gasteiger partial charge >= 0.3 is 0 Å². The first-order valence-electron chi connectivity index (χ1n) is 6.06. The van der Waals surface area contributed by atoms with Crippen LogP contribution >= 0.6 is 0 Å². The van der Waals surface area contributed by atoms with Gasteiger partial charge in [-0.3, -0.25) is 0 Å². The lowest BCUT2D eigenvalue weighted by atomic mass is 9.83. The average molecular weight is 196 g/mol. The number of rotatable bonds is 2. The van der Waals surface area contributed by atoms with Crippen LogP contribution in [0.2, 0.25) is 0 Å². The van der Waals surface area contributed by atoms with E-state index in [1.807, 2.05) is 0 Å². The quantitative estimate of drug-likeness (QED) is 0.634. The Bertz CT molecular complexity index is 405. The summed E-state index contributed by atoms with van der Waals surface area (Å²) in [4.78, 5) is 0. The monoisotopic (exact) mass is 196 g/mol. The molecule has 4 aliphatic carbocycles. The molecule has 4 aliphatic rings. The zero-order valence-electron chi connectivity index (χ0n) is 8.89. The second kappa shape index (κ2) is 2.37.